The summed E-state index contributed by atoms with van der Waals surface area (Å²) < 4.78 is 0. The highest BCUT2D eigenvalue weighted by atomic mass is 35.5. The van der Waals surface area contributed by atoms with Gasteiger partial charge in [0.1, 0.15) is 6.04 Å². The van der Waals surface area contributed by atoms with Crippen molar-refractivity contribution in [3.05, 3.63) is 33.8 Å². The van der Waals surface area contributed by atoms with Crippen molar-refractivity contribution >= 4 is 41.0 Å². The summed E-state index contributed by atoms with van der Waals surface area (Å²) in [4.78, 5) is 37.3. The van der Waals surface area contributed by atoms with Gasteiger partial charge in [0, 0.05) is 13.1 Å². The van der Waals surface area contributed by atoms with Crippen LogP contribution in [-0.4, -0.2) is 46.9 Å². The number of hydrogen-bond donors (Lipinski definition) is 2. The van der Waals surface area contributed by atoms with E-state index < -0.39 is 23.8 Å². The van der Waals surface area contributed by atoms with Crippen molar-refractivity contribution in [2.24, 2.45) is 11.8 Å². The van der Waals surface area contributed by atoms with E-state index in [0.717, 1.165) is 0 Å². The first-order valence-electron chi connectivity index (χ1n) is 7.48. The Morgan fingerprint density at radius 3 is 2.54 bits per heavy atom. The van der Waals surface area contributed by atoms with E-state index in [2.05, 4.69) is 5.32 Å². The van der Waals surface area contributed by atoms with Gasteiger partial charge in [-0.2, -0.15) is 0 Å². The molecule has 2 N–H and O–H groups in total. The number of carbonyl (C=O) groups is 3. The Kier molecular flexibility index (Phi) is 5.72. The van der Waals surface area contributed by atoms with Crippen molar-refractivity contribution in [3.8, 4) is 0 Å². The Labute approximate surface area is 149 Å². The summed E-state index contributed by atoms with van der Waals surface area (Å²) in [6, 6.07) is 3.87. The lowest BCUT2D eigenvalue weighted by Crippen LogP contribution is -2.46. The number of benzene rings is 1. The first-order valence-corrected chi connectivity index (χ1v) is 8.24. The van der Waals surface area contributed by atoms with Crippen molar-refractivity contribution in [2.45, 2.75) is 19.9 Å². The molecule has 0 aromatic heterocycles. The maximum Gasteiger partial charge on any atom is 0.308 e. The largest absolute Gasteiger partial charge is 0.481 e. The van der Waals surface area contributed by atoms with E-state index in [1.807, 2.05) is 0 Å². The topological polar surface area (TPSA) is 86.7 Å². The highest BCUT2D eigenvalue weighted by Gasteiger charge is 2.38. The SMILES string of the molecule is CC(NC(=O)c1cccc(Cl)c1Cl)C(=O)N1C[C@@H](C)[C@H](C(=O)O)C1. The molecule has 0 aliphatic carbocycles. The van der Waals surface area contributed by atoms with Gasteiger partial charge >= 0.3 is 5.97 Å². The Balaban J connectivity index is 2.03. The highest BCUT2D eigenvalue weighted by molar-refractivity contribution is 6.43. The highest BCUT2D eigenvalue weighted by Crippen LogP contribution is 2.26. The van der Waals surface area contributed by atoms with Gasteiger partial charge in [0.15, 0.2) is 0 Å². The van der Waals surface area contributed by atoms with E-state index in [9.17, 15) is 14.4 Å². The van der Waals surface area contributed by atoms with Crippen LogP contribution < -0.4 is 5.32 Å². The molecule has 2 rings (SSSR count). The van der Waals surface area contributed by atoms with Gasteiger partial charge in [0.05, 0.1) is 21.5 Å². The second-order valence-electron chi connectivity index (χ2n) is 5.96. The molecule has 0 spiro atoms. The summed E-state index contributed by atoms with van der Waals surface area (Å²) in [5.41, 5.74) is 0.182. The first kappa shape index (κ1) is 18.5. The van der Waals surface area contributed by atoms with E-state index in [0.29, 0.717) is 6.54 Å². The number of carbonyl (C=O) groups excluding carboxylic acids is 2. The van der Waals surface area contributed by atoms with Crippen LogP contribution in [0, 0.1) is 11.8 Å². The molecule has 1 aliphatic heterocycles. The fourth-order valence-corrected chi connectivity index (χ4v) is 3.14. The molecule has 8 heteroatoms. The van der Waals surface area contributed by atoms with E-state index in [-0.39, 0.29) is 34.0 Å². The van der Waals surface area contributed by atoms with Crippen LogP contribution in [0.25, 0.3) is 0 Å². The van der Waals surface area contributed by atoms with E-state index in [1.54, 1.807) is 26.0 Å². The van der Waals surface area contributed by atoms with Gasteiger partial charge in [-0.3, -0.25) is 14.4 Å². The summed E-state index contributed by atoms with van der Waals surface area (Å²) >= 11 is 11.9. The molecule has 1 aromatic rings. The molecule has 1 fully saturated rings. The second-order valence-corrected chi connectivity index (χ2v) is 6.75. The molecule has 1 aliphatic rings. The molecule has 3 atom stereocenters. The zero-order valence-electron chi connectivity index (χ0n) is 13.3. The first-order chi connectivity index (χ1) is 11.2. The number of rotatable bonds is 4. The number of carboxylic acids is 1. The summed E-state index contributed by atoms with van der Waals surface area (Å²) in [5, 5.41) is 12.1. The number of likely N-dealkylation sites (tertiary alicyclic amines) is 1. The second kappa shape index (κ2) is 7.40. The van der Waals surface area contributed by atoms with Gasteiger partial charge in [-0.15, -0.1) is 0 Å². The van der Waals surface area contributed by atoms with Gasteiger partial charge < -0.3 is 15.3 Å². The van der Waals surface area contributed by atoms with Crippen molar-refractivity contribution in [1.29, 1.82) is 0 Å². The average Bonchev–Trinajstić information content (AvgIpc) is 2.91. The van der Waals surface area contributed by atoms with Crippen molar-refractivity contribution < 1.29 is 19.5 Å². The molecule has 0 bridgehead atoms. The summed E-state index contributed by atoms with van der Waals surface area (Å²) in [7, 11) is 0. The summed E-state index contributed by atoms with van der Waals surface area (Å²) in [5.74, 6) is -2.46. The number of amides is 2. The normalized spacial score (nSPS) is 21.4. The molecule has 0 radical (unpaired) electrons. The van der Waals surface area contributed by atoms with Crippen molar-refractivity contribution in [2.75, 3.05) is 13.1 Å². The smallest absolute Gasteiger partial charge is 0.308 e. The number of halogens is 2. The van der Waals surface area contributed by atoms with Crippen LogP contribution in [0.2, 0.25) is 10.0 Å². The molecule has 1 unspecified atom stereocenters. The van der Waals surface area contributed by atoms with Gasteiger partial charge in [0.2, 0.25) is 5.91 Å². The van der Waals surface area contributed by atoms with Gasteiger partial charge in [-0.25, -0.2) is 0 Å². The van der Waals surface area contributed by atoms with Crippen LogP contribution >= 0.6 is 23.2 Å². The number of carboxylic acid groups (broad SMARTS) is 1. The van der Waals surface area contributed by atoms with Crippen molar-refractivity contribution in [3.63, 3.8) is 0 Å². The molecule has 1 saturated heterocycles. The van der Waals surface area contributed by atoms with Gasteiger partial charge in [-0.1, -0.05) is 36.2 Å². The minimum absolute atomic E-state index is 0.122. The van der Waals surface area contributed by atoms with Crippen LogP contribution in [0.1, 0.15) is 24.2 Å². The van der Waals surface area contributed by atoms with Crippen molar-refractivity contribution in [1.82, 2.24) is 10.2 Å². The maximum atomic E-state index is 12.4. The Hall–Kier alpha value is -1.79. The van der Waals surface area contributed by atoms with Crippen LogP contribution in [0.15, 0.2) is 18.2 Å². The molecule has 130 valence electrons. The third kappa shape index (κ3) is 3.82. The van der Waals surface area contributed by atoms with E-state index >= 15 is 0 Å². The van der Waals surface area contributed by atoms with Crippen LogP contribution in [0.4, 0.5) is 0 Å². The molecule has 0 saturated carbocycles. The zero-order valence-corrected chi connectivity index (χ0v) is 14.8. The molecular weight excluding hydrogens is 355 g/mol. The zero-order chi connectivity index (χ0) is 18.0. The van der Waals surface area contributed by atoms with Gasteiger partial charge in [-0.05, 0) is 25.0 Å². The lowest BCUT2D eigenvalue weighted by molar-refractivity contribution is -0.142. The molecule has 2 amide bonds. The third-order valence-corrected chi connectivity index (χ3v) is 4.97. The maximum absolute atomic E-state index is 12.4. The molecular formula is C16H18Cl2N2O4. The minimum atomic E-state index is -0.916. The molecule has 6 nitrogen and oxygen atoms in total. The molecule has 1 heterocycles. The van der Waals surface area contributed by atoms with Gasteiger partial charge in [0.25, 0.3) is 5.91 Å². The Bertz CT molecular complexity index is 680. The number of nitrogens with zero attached hydrogens (tertiary/aromatic N) is 1. The lowest BCUT2D eigenvalue weighted by Gasteiger charge is -2.21. The molecule has 24 heavy (non-hydrogen) atoms. The quantitative estimate of drug-likeness (QED) is 0.848. The van der Waals surface area contributed by atoms with Crippen LogP contribution in [0.5, 0.6) is 0 Å². The standard InChI is InChI=1S/C16H18Cl2N2O4/c1-8-6-20(7-11(8)16(23)24)15(22)9(2)19-14(21)10-4-3-5-12(17)13(10)18/h3-5,8-9,11H,6-7H2,1-2H3,(H,19,21)(H,23,24)/t8-,9?,11-/m1/s1. The summed E-state index contributed by atoms with van der Waals surface area (Å²) in [6.45, 7) is 3.85. The van der Waals surface area contributed by atoms with Crippen LogP contribution in [0.3, 0.4) is 0 Å². The number of aliphatic carboxylic acids is 1. The number of nitrogens with one attached hydrogen (secondary N) is 1. The Morgan fingerprint density at radius 2 is 1.96 bits per heavy atom. The summed E-state index contributed by atoms with van der Waals surface area (Å²) in [6.07, 6.45) is 0. The average molecular weight is 373 g/mol. The lowest BCUT2D eigenvalue weighted by atomic mass is 9.99. The predicted octanol–water partition coefficient (Wildman–Crippen LogP) is 2.29. The monoisotopic (exact) mass is 372 g/mol. The van der Waals surface area contributed by atoms with E-state index in [4.69, 9.17) is 28.3 Å². The van der Waals surface area contributed by atoms with Crippen LogP contribution in [-0.2, 0) is 9.59 Å². The fraction of sp³-hybridized carbons (Fsp3) is 0.438. The van der Waals surface area contributed by atoms with E-state index in [1.165, 1.54) is 11.0 Å². The predicted molar refractivity (Wildman–Crippen MR) is 90.3 cm³/mol. The fourth-order valence-electron chi connectivity index (χ4n) is 2.76. The number of hydrogen-bond acceptors (Lipinski definition) is 3. The third-order valence-electron chi connectivity index (χ3n) is 4.16. The molecule has 1 aromatic carbocycles. The Morgan fingerprint density at radius 1 is 1.29 bits per heavy atom. The minimum Gasteiger partial charge on any atom is -0.481 e.